The van der Waals surface area contributed by atoms with Crippen molar-refractivity contribution in [2.75, 3.05) is 43.9 Å². The molecule has 43 heavy (non-hydrogen) atoms. The van der Waals surface area contributed by atoms with Crippen LogP contribution >= 0.6 is 11.8 Å². The highest BCUT2D eigenvalue weighted by Gasteiger charge is 2.35. The van der Waals surface area contributed by atoms with Gasteiger partial charge < -0.3 is 30.9 Å². The van der Waals surface area contributed by atoms with Gasteiger partial charge in [0.25, 0.3) is 5.91 Å². The Balaban J connectivity index is 1.27. The Morgan fingerprint density at radius 3 is 2.37 bits per heavy atom. The van der Waals surface area contributed by atoms with Gasteiger partial charge in [-0.1, -0.05) is 26.0 Å². The number of halogens is 3. The first kappa shape index (κ1) is 32.6. The molecular weight excluding hydrogens is 583 g/mol. The van der Waals surface area contributed by atoms with Crippen LogP contribution in [0.25, 0.3) is 0 Å². The summed E-state index contributed by atoms with van der Waals surface area (Å²) in [4.78, 5) is 42.2. The molecule has 3 amide bonds. The zero-order valence-electron chi connectivity index (χ0n) is 24.3. The molecule has 0 aromatic heterocycles. The van der Waals surface area contributed by atoms with E-state index in [4.69, 9.17) is 10.5 Å². The Morgan fingerprint density at radius 1 is 1.02 bits per heavy atom. The zero-order valence-corrected chi connectivity index (χ0v) is 25.1. The van der Waals surface area contributed by atoms with Gasteiger partial charge in [-0.2, -0.15) is 0 Å². The van der Waals surface area contributed by atoms with Crippen LogP contribution in [0.15, 0.2) is 36.4 Å². The van der Waals surface area contributed by atoms with Crippen LogP contribution in [0.4, 0.5) is 18.9 Å². The van der Waals surface area contributed by atoms with Crippen molar-refractivity contribution in [1.82, 2.24) is 15.1 Å². The van der Waals surface area contributed by atoms with E-state index < -0.39 is 28.9 Å². The minimum Gasteiger partial charge on any atom is -0.378 e. The SMILES string of the molecule is CC(C)[C@H](Nc1ccc(CNC(=O)[C@@H]2SCCN2C(=O)CC(N)Cc2cc(F)c(F)cc2F)cc1)C(=O)N1CCOCC1. The van der Waals surface area contributed by atoms with E-state index in [0.29, 0.717) is 44.7 Å². The van der Waals surface area contributed by atoms with Crippen molar-refractivity contribution in [2.45, 2.75) is 50.7 Å². The smallest absolute Gasteiger partial charge is 0.253 e. The fourth-order valence-electron chi connectivity index (χ4n) is 5.03. The molecule has 0 radical (unpaired) electrons. The van der Waals surface area contributed by atoms with Crippen LogP contribution in [0.1, 0.15) is 31.4 Å². The fourth-order valence-corrected chi connectivity index (χ4v) is 6.19. The largest absolute Gasteiger partial charge is 0.378 e. The second-order valence-electron chi connectivity index (χ2n) is 11.1. The van der Waals surface area contributed by atoms with Gasteiger partial charge in [-0.25, -0.2) is 13.2 Å². The van der Waals surface area contributed by atoms with Crippen molar-refractivity contribution < 1.29 is 32.3 Å². The summed E-state index contributed by atoms with van der Waals surface area (Å²) < 4.78 is 46.1. The third-order valence-electron chi connectivity index (χ3n) is 7.44. The van der Waals surface area contributed by atoms with Crippen molar-refractivity contribution in [3.8, 4) is 0 Å². The zero-order chi connectivity index (χ0) is 31.1. The average Bonchev–Trinajstić information content (AvgIpc) is 3.48. The summed E-state index contributed by atoms with van der Waals surface area (Å²) in [6.45, 7) is 6.82. The lowest BCUT2D eigenvalue weighted by atomic mass is 10.0. The highest BCUT2D eigenvalue weighted by Crippen LogP contribution is 2.26. The fraction of sp³-hybridized carbons (Fsp3) is 0.500. The molecule has 13 heteroatoms. The maximum Gasteiger partial charge on any atom is 0.253 e. The van der Waals surface area contributed by atoms with Crippen molar-refractivity contribution in [3.05, 3.63) is 65.0 Å². The molecule has 2 aliphatic rings. The van der Waals surface area contributed by atoms with Crippen LogP contribution < -0.4 is 16.4 Å². The molecular formula is C30H38F3N5O4S. The first-order chi connectivity index (χ1) is 20.5. The third kappa shape index (κ3) is 8.64. The molecule has 0 saturated carbocycles. The molecule has 2 aromatic carbocycles. The summed E-state index contributed by atoms with van der Waals surface area (Å²) in [5.41, 5.74) is 7.55. The standard InChI is InChI=1S/C30H38F3N5O4S/c1-18(2)27(29(41)37-7-10-42-11-8-37)36-22-5-3-19(4-6-22)17-35-28(40)30-38(9-12-43-30)26(39)15-21(34)13-20-14-24(32)25(33)16-23(20)31/h3-6,14,16,18,21,27,30,36H,7-13,15,17,34H2,1-2H3,(H,35,40)/t21?,27-,30-/m0/s1. The number of hydrogen-bond donors (Lipinski definition) is 3. The topological polar surface area (TPSA) is 117 Å². The highest BCUT2D eigenvalue weighted by molar-refractivity contribution is 8.00. The van der Waals surface area contributed by atoms with Crippen LogP contribution in [-0.2, 0) is 32.1 Å². The maximum absolute atomic E-state index is 14.0. The molecule has 234 valence electrons. The van der Waals surface area contributed by atoms with Crippen LogP contribution in [0, 0.1) is 23.4 Å². The second-order valence-corrected chi connectivity index (χ2v) is 12.2. The predicted molar refractivity (Wildman–Crippen MR) is 159 cm³/mol. The summed E-state index contributed by atoms with van der Waals surface area (Å²) in [7, 11) is 0. The molecule has 0 spiro atoms. The molecule has 0 bridgehead atoms. The number of thioether (sulfide) groups is 1. The van der Waals surface area contributed by atoms with Crippen molar-refractivity contribution in [2.24, 2.45) is 11.7 Å². The molecule has 2 aliphatic heterocycles. The van der Waals surface area contributed by atoms with Gasteiger partial charge in [0.15, 0.2) is 17.0 Å². The van der Waals surface area contributed by atoms with Crippen LogP contribution in [0.2, 0.25) is 0 Å². The Labute approximate surface area is 253 Å². The number of nitrogens with two attached hydrogens (primary N) is 1. The van der Waals surface area contributed by atoms with Crippen LogP contribution in [0.5, 0.6) is 0 Å². The molecule has 2 fully saturated rings. The van der Waals surface area contributed by atoms with E-state index in [-0.39, 0.29) is 54.6 Å². The van der Waals surface area contributed by atoms with Gasteiger partial charge in [-0.15, -0.1) is 11.8 Å². The van der Waals surface area contributed by atoms with E-state index in [9.17, 15) is 27.6 Å². The molecule has 4 rings (SSSR count). The molecule has 1 unspecified atom stereocenters. The number of amides is 3. The quantitative estimate of drug-likeness (QED) is 0.331. The Bertz CT molecular complexity index is 1290. The van der Waals surface area contributed by atoms with E-state index in [1.54, 1.807) is 0 Å². The minimum absolute atomic E-state index is 0.0419. The summed E-state index contributed by atoms with van der Waals surface area (Å²) >= 11 is 1.33. The van der Waals surface area contributed by atoms with E-state index in [1.165, 1.54) is 16.7 Å². The number of carbonyl (C=O) groups is 3. The van der Waals surface area contributed by atoms with E-state index in [2.05, 4.69) is 10.6 Å². The number of nitrogens with zero attached hydrogens (tertiary/aromatic N) is 2. The molecule has 2 saturated heterocycles. The number of carbonyl (C=O) groups excluding carboxylic acids is 3. The molecule has 4 N–H and O–H groups in total. The van der Waals surface area contributed by atoms with E-state index >= 15 is 0 Å². The third-order valence-corrected chi connectivity index (χ3v) is 8.64. The monoisotopic (exact) mass is 621 g/mol. The Morgan fingerprint density at radius 2 is 1.70 bits per heavy atom. The predicted octanol–water partition coefficient (Wildman–Crippen LogP) is 2.88. The summed E-state index contributed by atoms with van der Waals surface area (Å²) in [6, 6.07) is 7.43. The summed E-state index contributed by atoms with van der Waals surface area (Å²) in [5.74, 6) is -3.43. The maximum atomic E-state index is 14.0. The number of anilines is 1. The number of benzene rings is 2. The molecule has 2 aromatic rings. The van der Waals surface area contributed by atoms with Crippen LogP contribution in [-0.4, -0.2) is 83.6 Å². The number of rotatable bonds is 11. The second kappa shape index (κ2) is 14.9. The number of ether oxygens (including phenoxy) is 1. The van der Waals surface area contributed by atoms with Crippen LogP contribution in [0.3, 0.4) is 0 Å². The Hall–Kier alpha value is -3.29. The highest BCUT2D eigenvalue weighted by atomic mass is 32.2. The number of hydrogen-bond acceptors (Lipinski definition) is 7. The first-order valence-electron chi connectivity index (χ1n) is 14.3. The number of nitrogens with one attached hydrogen (secondary N) is 2. The average molecular weight is 622 g/mol. The van der Waals surface area contributed by atoms with Gasteiger partial charge >= 0.3 is 0 Å². The molecule has 3 atom stereocenters. The van der Waals surface area contributed by atoms with Gasteiger partial charge in [0, 0.05) is 56.1 Å². The van der Waals surface area contributed by atoms with Gasteiger partial charge in [-0.05, 0) is 41.7 Å². The number of morpholine rings is 1. The van der Waals surface area contributed by atoms with E-state index in [1.807, 2.05) is 43.0 Å². The minimum atomic E-state index is -1.29. The van der Waals surface area contributed by atoms with Gasteiger partial charge in [0.2, 0.25) is 11.8 Å². The lowest BCUT2D eigenvalue weighted by molar-refractivity contribution is -0.137. The molecule has 2 heterocycles. The lowest BCUT2D eigenvalue weighted by Gasteiger charge is -2.32. The van der Waals surface area contributed by atoms with Crippen molar-refractivity contribution in [1.29, 1.82) is 0 Å². The normalized spacial score (nSPS) is 18.4. The van der Waals surface area contributed by atoms with Crippen molar-refractivity contribution >= 4 is 35.2 Å². The van der Waals surface area contributed by atoms with E-state index in [0.717, 1.165) is 17.3 Å². The summed E-state index contributed by atoms with van der Waals surface area (Å²) in [5, 5.41) is 5.47. The Kier molecular flexibility index (Phi) is 11.3. The van der Waals surface area contributed by atoms with Gasteiger partial charge in [-0.3, -0.25) is 14.4 Å². The molecule has 9 nitrogen and oxygen atoms in total. The lowest BCUT2D eigenvalue weighted by Crippen LogP contribution is -2.49. The van der Waals surface area contributed by atoms with Gasteiger partial charge in [0.1, 0.15) is 11.9 Å². The summed E-state index contributed by atoms with van der Waals surface area (Å²) in [6.07, 6.45) is -0.334. The van der Waals surface area contributed by atoms with Gasteiger partial charge in [0.05, 0.1) is 13.2 Å². The molecule has 0 aliphatic carbocycles. The van der Waals surface area contributed by atoms with Crippen molar-refractivity contribution in [3.63, 3.8) is 0 Å². The first-order valence-corrected chi connectivity index (χ1v) is 15.4.